The number of hydrogen-bond donors (Lipinski definition) is 0. The smallest absolute Gasteiger partial charge is 0.338 e. The van der Waals surface area contributed by atoms with E-state index in [2.05, 4.69) is 9.98 Å². The van der Waals surface area contributed by atoms with E-state index in [1.54, 1.807) is 75.6 Å². The molecule has 11 nitrogen and oxygen atoms in total. The van der Waals surface area contributed by atoms with Gasteiger partial charge in [0.2, 0.25) is 12.2 Å². The molecular formula is C27H20N6O5. The number of benzene rings is 3. The van der Waals surface area contributed by atoms with Crippen LogP contribution < -0.4 is 19.4 Å². The maximum atomic E-state index is 13.8. The Balaban J connectivity index is 1.88. The average Bonchev–Trinajstić information content (AvgIpc) is 2.89. The Labute approximate surface area is 217 Å². The van der Waals surface area contributed by atoms with E-state index in [0.29, 0.717) is 39.4 Å². The van der Waals surface area contributed by atoms with E-state index in [4.69, 9.17) is 10.00 Å². The molecule has 1 aliphatic rings. The summed E-state index contributed by atoms with van der Waals surface area (Å²) in [5.74, 6) is 0.185. The molecule has 0 aromatic heterocycles. The molecule has 0 bridgehead atoms. The number of amides is 4. The van der Waals surface area contributed by atoms with Crippen molar-refractivity contribution in [3.63, 3.8) is 0 Å². The van der Waals surface area contributed by atoms with Crippen molar-refractivity contribution in [3.8, 4) is 12.0 Å². The van der Waals surface area contributed by atoms with E-state index >= 15 is 0 Å². The lowest BCUT2D eigenvalue weighted by Crippen LogP contribution is -2.62. The Morgan fingerprint density at radius 3 is 1.68 bits per heavy atom. The number of rotatable bonds is 6. The molecule has 1 heterocycles. The molecule has 0 atom stereocenters. The number of carbonyl (C=O) groups excluding carboxylic acids is 4. The van der Waals surface area contributed by atoms with Gasteiger partial charge in [-0.15, -0.1) is 5.26 Å². The maximum Gasteiger partial charge on any atom is 0.338 e. The second-order valence-electron chi connectivity index (χ2n) is 8.39. The normalized spacial score (nSPS) is 12.9. The van der Waals surface area contributed by atoms with E-state index in [9.17, 15) is 19.2 Å². The second-order valence-corrected chi connectivity index (χ2v) is 8.39. The predicted octanol–water partition coefficient (Wildman–Crippen LogP) is 5.44. The van der Waals surface area contributed by atoms with Gasteiger partial charge in [0.15, 0.2) is 0 Å². The third kappa shape index (κ3) is 4.76. The predicted molar refractivity (Wildman–Crippen MR) is 138 cm³/mol. The summed E-state index contributed by atoms with van der Waals surface area (Å²) in [6.45, 7) is 5.04. The average molecular weight is 508 g/mol. The first-order valence-electron chi connectivity index (χ1n) is 11.3. The number of hydrogen-bond acceptors (Lipinski definition) is 8. The van der Waals surface area contributed by atoms with E-state index in [1.165, 1.54) is 28.0 Å². The number of imide groups is 1. The van der Waals surface area contributed by atoms with Gasteiger partial charge in [0.1, 0.15) is 12.4 Å². The molecule has 0 radical (unpaired) electrons. The highest BCUT2D eigenvalue weighted by Gasteiger charge is 2.40. The van der Waals surface area contributed by atoms with Crippen molar-refractivity contribution in [1.29, 1.82) is 5.26 Å². The first-order valence-corrected chi connectivity index (χ1v) is 11.3. The van der Waals surface area contributed by atoms with Gasteiger partial charge in [0.25, 0.3) is 6.26 Å². The number of urea groups is 2. The van der Waals surface area contributed by atoms with Crippen molar-refractivity contribution in [3.05, 3.63) is 71.3 Å². The van der Waals surface area contributed by atoms with E-state index < -0.39 is 12.1 Å². The van der Waals surface area contributed by atoms with Crippen LogP contribution in [0.1, 0.15) is 16.7 Å². The number of nitriles is 1. The summed E-state index contributed by atoms with van der Waals surface area (Å²) in [4.78, 5) is 60.4. The highest BCUT2D eigenvalue weighted by Crippen LogP contribution is 2.35. The maximum absolute atomic E-state index is 13.8. The summed E-state index contributed by atoms with van der Waals surface area (Å²) in [5, 5.41) is 9.01. The lowest BCUT2D eigenvalue weighted by Gasteiger charge is -2.41. The molecular weight excluding hydrogens is 488 g/mol. The summed E-state index contributed by atoms with van der Waals surface area (Å²) in [7, 11) is 0. The number of isocyanates is 2. The Hall–Kier alpha value is -5.55. The number of nitrogens with zero attached hydrogens (tertiary/aromatic N) is 6. The van der Waals surface area contributed by atoms with E-state index in [-0.39, 0.29) is 18.1 Å². The van der Waals surface area contributed by atoms with Crippen molar-refractivity contribution in [2.75, 3.05) is 21.4 Å². The van der Waals surface area contributed by atoms with Gasteiger partial charge < -0.3 is 4.74 Å². The number of anilines is 3. The fourth-order valence-electron chi connectivity index (χ4n) is 3.95. The summed E-state index contributed by atoms with van der Waals surface area (Å²) in [6.07, 6.45) is 4.61. The molecule has 0 spiro atoms. The largest absolute Gasteiger partial charge is 0.388 e. The third-order valence-corrected chi connectivity index (χ3v) is 6.05. The van der Waals surface area contributed by atoms with Crippen molar-refractivity contribution in [2.24, 2.45) is 9.98 Å². The molecule has 3 aromatic rings. The van der Waals surface area contributed by atoms with Gasteiger partial charge in [-0.05, 0) is 67.8 Å². The molecule has 0 aliphatic carbocycles. The van der Waals surface area contributed by atoms with E-state index in [0.717, 1.165) is 4.90 Å². The van der Waals surface area contributed by atoms with Crippen LogP contribution >= 0.6 is 0 Å². The monoisotopic (exact) mass is 508 g/mol. The molecule has 4 amide bonds. The molecule has 188 valence electrons. The Bertz CT molecular complexity index is 1510. The molecule has 0 unspecified atom stereocenters. The van der Waals surface area contributed by atoms with Gasteiger partial charge in [-0.1, -0.05) is 18.2 Å². The quantitative estimate of drug-likeness (QED) is 0.247. The first-order chi connectivity index (χ1) is 18.3. The Morgan fingerprint density at radius 1 is 0.737 bits per heavy atom. The van der Waals surface area contributed by atoms with Gasteiger partial charge in [-0.25, -0.2) is 24.1 Å². The SMILES string of the molecule is Cc1ccc(N2CN(c3ccc(C)c(N=C=O)c3)C(=O)N(c3ccc(C)c(OC#N)c3)C2=O)cc1N=C=O. The summed E-state index contributed by atoms with van der Waals surface area (Å²) in [6, 6.07) is 13.0. The summed E-state index contributed by atoms with van der Waals surface area (Å²) < 4.78 is 5.00. The molecule has 1 saturated heterocycles. The van der Waals surface area contributed by atoms with Crippen LogP contribution in [-0.4, -0.2) is 30.9 Å². The third-order valence-electron chi connectivity index (χ3n) is 6.05. The molecule has 38 heavy (non-hydrogen) atoms. The van der Waals surface area contributed by atoms with Crippen molar-refractivity contribution in [2.45, 2.75) is 20.8 Å². The molecule has 0 saturated carbocycles. The highest BCUT2D eigenvalue weighted by atomic mass is 16.5. The number of aryl methyl sites for hydroxylation is 3. The number of aliphatic imine (C=N–C) groups is 2. The van der Waals surface area contributed by atoms with Crippen LogP contribution in [0.15, 0.2) is 64.6 Å². The van der Waals surface area contributed by atoms with Crippen LogP contribution in [0.3, 0.4) is 0 Å². The van der Waals surface area contributed by atoms with Gasteiger partial charge in [-0.3, -0.25) is 9.80 Å². The van der Waals surface area contributed by atoms with E-state index in [1.807, 2.05) is 0 Å². The summed E-state index contributed by atoms with van der Waals surface area (Å²) >= 11 is 0. The molecule has 1 fully saturated rings. The minimum atomic E-state index is -0.679. The Morgan fingerprint density at radius 2 is 1.21 bits per heavy atom. The van der Waals surface area contributed by atoms with Crippen LogP contribution in [0.5, 0.6) is 5.75 Å². The second kappa shape index (κ2) is 10.6. The minimum Gasteiger partial charge on any atom is -0.388 e. The van der Waals surface area contributed by atoms with Crippen molar-refractivity contribution < 1.29 is 23.9 Å². The molecule has 0 N–H and O–H groups in total. The minimum absolute atomic E-state index is 0.169. The van der Waals surface area contributed by atoms with Crippen LogP contribution in [0.4, 0.5) is 38.0 Å². The fourth-order valence-corrected chi connectivity index (χ4v) is 3.95. The molecule has 3 aromatic carbocycles. The lowest BCUT2D eigenvalue weighted by atomic mass is 10.1. The van der Waals surface area contributed by atoms with Crippen LogP contribution in [0, 0.1) is 32.3 Å². The Kier molecular flexibility index (Phi) is 7.12. The van der Waals surface area contributed by atoms with Crippen LogP contribution in [-0.2, 0) is 9.59 Å². The lowest BCUT2D eigenvalue weighted by molar-refractivity contribution is 0.235. The highest BCUT2D eigenvalue weighted by molar-refractivity contribution is 6.25. The molecule has 4 rings (SSSR count). The van der Waals surface area contributed by atoms with Crippen LogP contribution in [0.25, 0.3) is 0 Å². The zero-order valence-corrected chi connectivity index (χ0v) is 20.6. The standard InChI is InChI=1S/C27H20N6O5/c1-17-4-7-20(10-23(17)29-14-34)31-16-32(21-8-5-18(2)24(11-21)30-15-35)27(37)33(26(31)36)22-9-6-19(3)25(12-22)38-13-28/h4-12H,16H2,1-3H3. The topological polar surface area (TPSA) is 136 Å². The zero-order chi connectivity index (χ0) is 27.4. The molecule has 1 aliphatic heterocycles. The van der Waals surface area contributed by atoms with Crippen molar-refractivity contribution >= 4 is 52.7 Å². The number of ether oxygens (including phenoxy) is 1. The van der Waals surface area contributed by atoms with Crippen molar-refractivity contribution in [1.82, 2.24) is 0 Å². The van der Waals surface area contributed by atoms with Gasteiger partial charge in [-0.2, -0.15) is 9.98 Å². The summed E-state index contributed by atoms with van der Waals surface area (Å²) in [5.41, 5.74) is 3.56. The molecule has 11 heteroatoms. The fraction of sp³-hybridized carbons (Fsp3) is 0.148. The first kappa shape index (κ1) is 25.5. The van der Waals surface area contributed by atoms with Gasteiger partial charge >= 0.3 is 12.1 Å². The van der Waals surface area contributed by atoms with Gasteiger partial charge in [0, 0.05) is 17.4 Å². The van der Waals surface area contributed by atoms with Crippen LogP contribution in [0.2, 0.25) is 0 Å². The zero-order valence-electron chi connectivity index (χ0n) is 20.6. The number of carbonyl (C=O) groups is 2. The van der Waals surface area contributed by atoms with Gasteiger partial charge in [0.05, 0.1) is 17.1 Å².